The quantitative estimate of drug-likeness (QED) is 0.367. The number of hydrogen-bond acceptors (Lipinski definition) is 8. The average Bonchev–Trinajstić information content (AvgIpc) is 3.07. The van der Waals surface area contributed by atoms with Crippen LogP contribution in [0.3, 0.4) is 0 Å². The van der Waals surface area contributed by atoms with Crippen LogP contribution < -0.4 is 11.1 Å². The number of anilines is 2. The van der Waals surface area contributed by atoms with Crippen molar-refractivity contribution < 1.29 is 22.6 Å². The molecule has 1 fully saturated rings. The van der Waals surface area contributed by atoms with Crippen LogP contribution in [0.15, 0.2) is 18.5 Å². The van der Waals surface area contributed by atoms with Gasteiger partial charge in [0.1, 0.15) is 0 Å². The van der Waals surface area contributed by atoms with Crippen LogP contribution in [0.1, 0.15) is 25.3 Å². The van der Waals surface area contributed by atoms with E-state index >= 15 is 0 Å². The van der Waals surface area contributed by atoms with Crippen molar-refractivity contribution in [2.45, 2.75) is 31.3 Å². The summed E-state index contributed by atoms with van der Waals surface area (Å²) in [4.78, 5) is 13.1. The van der Waals surface area contributed by atoms with E-state index in [2.05, 4.69) is 26.3 Å². The largest absolute Gasteiger partial charge is 0.396 e. The van der Waals surface area contributed by atoms with Gasteiger partial charge in [-0.05, 0) is 19.3 Å². The molecule has 0 radical (unpaired) electrons. The van der Waals surface area contributed by atoms with Crippen molar-refractivity contribution in [3.05, 3.63) is 18.5 Å². The second kappa shape index (κ2) is 7.15. The monoisotopic (exact) mass is 384 g/mol. The molecule has 1 saturated carbocycles. The number of nitrogen functional groups attached to an aromatic ring is 1. The van der Waals surface area contributed by atoms with Crippen molar-refractivity contribution in [2.24, 2.45) is 5.92 Å². The number of aliphatic hydroxyl groups is 1. The summed E-state index contributed by atoms with van der Waals surface area (Å²) in [7, 11) is -4.67. The number of aliphatic hydroxyl groups excluding tert-OH is 1. The molecule has 2 aromatic rings. The van der Waals surface area contributed by atoms with E-state index in [0.29, 0.717) is 6.04 Å². The van der Waals surface area contributed by atoms with Crippen LogP contribution in [0.2, 0.25) is 0 Å². The molecular formula is C14H20N6O5S. The predicted molar refractivity (Wildman–Crippen MR) is 93.9 cm³/mol. The van der Waals surface area contributed by atoms with E-state index in [-0.39, 0.29) is 24.5 Å². The van der Waals surface area contributed by atoms with Crippen molar-refractivity contribution in [2.75, 3.05) is 17.7 Å². The van der Waals surface area contributed by atoms with Gasteiger partial charge in [0.2, 0.25) is 5.95 Å². The number of hydrogen-bond donors (Lipinski definition) is 5. The highest BCUT2D eigenvalue weighted by Crippen LogP contribution is 2.32. The lowest BCUT2D eigenvalue weighted by molar-refractivity contribution is 0.244. The van der Waals surface area contributed by atoms with Gasteiger partial charge in [-0.3, -0.25) is 9.11 Å². The third-order valence-corrected chi connectivity index (χ3v) is 4.10. The van der Waals surface area contributed by atoms with Crippen LogP contribution in [-0.2, 0) is 10.4 Å². The first-order valence-electron chi connectivity index (χ1n) is 8.00. The SMILES string of the molecule is Nc1nc(NC2CC2)c2ncn(C3C=C[C@@H](CO)C3)c2n1.O=S(=O)(O)O. The Hall–Kier alpha value is -2.28. The number of imidazole rings is 1. The average molecular weight is 384 g/mol. The van der Waals surface area contributed by atoms with Gasteiger partial charge < -0.3 is 20.7 Å². The fraction of sp³-hybridized carbons (Fsp3) is 0.500. The van der Waals surface area contributed by atoms with Crippen LogP contribution in [0.25, 0.3) is 11.2 Å². The fourth-order valence-electron chi connectivity index (χ4n) is 2.79. The number of nitrogens with one attached hydrogen (secondary N) is 1. The summed E-state index contributed by atoms with van der Waals surface area (Å²) >= 11 is 0. The highest BCUT2D eigenvalue weighted by atomic mass is 32.3. The Bertz CT molecular complexity index is 915. The topological polar surface area (TPSA) is 176 Å². The molecule has 2 aromatic heterocycles. The number of allylic oxidation sites excluding steroid dienone is 1. The minimum atomic E-state index is -4.67. The van der Waals surface area contributed by atoms with Crippen LogP contribution in [-0.4, -0.2) is 54.8 Å². The first-order chi connectivity index (χ1) is 12.2. The van der Waals surface area contributed by atoms with Crippen LogP contribution in [0.5, 0.6) is 0 Å². The number of nitrogens with zero attached hydrogens (tertiary/aromatic N) is 4. The third kappa shape index (κ3) is 4.66. The predicted octanol–water partition coefficient (Wildman–Crippen LogP) is 0.440. The smallest absolute Gasteiger partial charge is 0.394 e. The molecule has 4 rings (SSSR count). The molecule has 2 aliphatic rings. The van der Waals surface area contributed by atoms with Gasteiger partial charge in [-0.2, -0.15) is 18.4 Å². The maximum absolute atomic E-state index is 9.26. The Morgan fingerprint density at radius 1 is 1.27 bits per heavy atom. The first kappa shape index (κ1) is 18.5. The summed E-state index contributed by atoms with van der Waals surface area (Å²) in [5, 5.41) is 12.6. The molecule has 26 heavy (non-hydrogen) atoms. The maximum Gasteiger partial charge on any atom is 0.394 e. The summed E-state index contributed by atoms with van der Waals surface area (Å²) in [6.45, 7) is 0.172. The molecule has 0 saturated heterocycles. The standard InChI is InChI=1S/C14H18N6O.H2O4S/c15-14-18-12(17-9-2-3-9)11-13(19-14)20(7-16-11)10-4-1-8(5-10)6-21;1-5(2,3)4/h1,4,7-10,21H,2-3,5-6H2,(H3,15,17,18,19);(H2,1,2,3,4)/t8-,10?;/m1./s1. The highest BCUT2D eigenvalue weighted by molar-refractivity contribution is 7.79. The van der Waals surface area contributed by atoms with Crippen molar-refractivity contribution in [3.8, 4) is 0 Å². The second-order valence-corrected chi connectivity index (χ2v) is 7.15. The minimum absolute atomic E-state index is 0.162. The molecule has 6 N–H and O–H groups in total. The second-order valence-electron chi connectivity index (χ2n) is 6.25. The summed E-state index contributed by atoms with van der Waals surface area (Å²) in [5.74, 6) is 1.18. The number of nitrogens with two attached hydrogens (primary N) is 1. The summed E-state index contributed by atoms with van der Waals surface area (Å²) in [6.07, 6.45) is 9.10. The van der Waals surface area contributed by atoms with Crippen molar-refractivity contribution >= 4 is 33.3 Å². The van der Waals surface area contributed by atoms with Gasteiger partial charge in [0.25, 0.3) is 0 Å². The molecule has 142 valence electrons. The molecular weight excluding hydrogens is 364 g/mol. The van der Waals surface area contributed by atoms with Gasteiger partial charge in [-0.1, -0.05) is 12.2 Å². The Labute approximate surface area is 149 Å². The van der Waals surface area contributed by atoms with Crippen LogP contribution >= 0.6 is 0 Å². The molecule has 0 bridgehead atoms. The van der Waals surface area contributed by atoms with Crippen molar-refractivity contribution in [1.29, 1.82) is 0 Å². The minimum Gasteiger partial charge on any atom is -0.396 e. The van der Waals surface area contributed by atoms with Crippen molar-refractivity contribution in [1.82, 2.24) is 19.5 Å². The number of fused-ring (bicyclic) bond motifs is 1. The van der Waals surface area contributed by atoms with Gasteiger partial charge in [-0.15, -0.1) is 0 Å². The van der Waals surface area contributed by atoms with Gasteiger partial charge in [0, 0.05) is 18.6 Å². The van der Waals surface area contributed by atoms with E-state index in [4.69, 9.17) is 23.3 Å². The zero-order chi connectivity index (χ0) is 18.9. The Balaban J connectivity index is 0.000000349. The molecule has 0 amide bonds. The summed E-state index contributed by atoms with van der Waals surface area (Å²) < 4.78 is 33.6. The maximum atomic E-state index is 9.26. The van der Waals surface area contributed by atoms with E-state index in [9.17, 15) is 5.11 Å². The third-order valence-electron chi connectivity index (χ3n) is 4.10. The molecule has 2 atom stereocenters. The zero-order valence-electron chi connectivity index (χ0n) is 13.7. The Kier molecular flexibility index (Phi) is 5.09. The zero-order valence-corrected chi connectivity index (χ0v) is 14.5. The molecule has 2 aliphatic carbocycles. The lowest BCUT2D eigenvalue weighted by Crippen LogP contribution is -2.10. The number of rotatable bonds is 4. The highest BCUT2D eigenvalue weighted by Gasteiger charge is 2.26. The van der Waals surface area contributed by atoms with E-state index < -0.39 is 10.4 Å². The van der Waals surface area contributed by atoms with E-state index in [1.165, 1.54) is 0 Å². The molecule has 12 heteroatoms. The Morgan fingerprint density at radius 3 is 2.54 bits per heavy atom. The summed E-state index contributed by atoms with van der Waals surface area (Å²) in [5.41, 5.74) is 7.35. The molecule has 0 aliphatic heterocycles. The normalized spacial score (nSPS) is 22.3. The van der Waals surface area contributed by atoms with E-state index in [0.717, 1.165) is 36.2 Å². The molecule has 11 nitrogen and oxygen atoms in total. The first-order valence-corrected chi connectivity index (χ1v) is 9.40. The van der Waals surface area contributed by atoms with E-state index in [1.807, 2.05) is 10.6 Å². The molecule has 2 heterocycles. The molecule has 0 aromatic carbocycles. The Morgan fingerprint density at radius 2 is 1.96 bits per heavy atom. The van der Waals surface area contributed by atoms with Crippen molar-refractivity contribution in [3.63, 3.8) is 0 Å². The number of aromatic nitrogens is 4. The summed E-state index contributed by atoms with van der Waals surface area (Å²) in [6, 6.07) is 0.646. The van der Waals surface area contributed by atoms with Crippen LogP contribution in [0, 0.1) is 5.92 Å². The van der Waals surface area contributed by atoms with Gasteiger partial charge in [0.05, 0.1) is 12.4 Å². The van der Waals surface area contributed by atoms with Gasteiger partial charge in [0.15, 0.2) is 17.0 Å². The van der Waals surface area contributed by atoms with Crippen LogP contribution in [0.4, 0.5) is 11.8 Å². The molecule has 0 spiro atoms. The lowest BCUT2D eigenvalue weighted by Gasteiger charge is -2.13. The van der Waals surface area contributed by atoms with Gasteiger partial charge >= 0.3 is 10.4 Å². The lowest BCUT2D eigenvalue weighted by atomic mass is 10.1. The van der Waals surface area contributed by atoms with Gasteiger partial charge in [-0.25, -0.2) is 4.98 Å². The fourth-order valence-corrected chi connectivity index (χ4v) is 2.79. The van der Waals surface area contributed by atoms with E-state index in [1.54, 1.807) is 6.33 Å². The molecule has 1 unspecified atom stereocenters.